The third-order valence-electron chi connectivity index (χ3n) is 3.11. The van der Waals surface area contributed by atoms with Crippen molar-refractivity contribution in [1.29, 1.82) is 0 Å². The highest BCUT2D eigenvalue weighted by atomic mass is 19.1. The van der Waals surface area contributed by atoms with Gasteiger partial charge >= 0.3 is 0 Å². The Morgan fingerprint density at radius 3 is 2.82 bits per heavy atom. The van der Waals surface area contributed by atoms with Crippen molar-refractivity contribution in [2.45, 2.75) is 39.5 Å². The van der Waals surface area contributed by atoms with E-state index in [1.807, 2.05) is 13.8 Å². The lowest BCUT2D eigenvalue weighted by molar-refractivity contribution is -0.122. The molecule has 0 bridgehead atoms. The van der Waals surface area contributed by atoms with Crippen molar-refractivity contribution in [3.63, 3.8) is 0 Å². The summed E-state index contributed by atoms with van der Waals surface area (Å²) in [4.78, 5) is 11.7. The maximum Gasteiger partial charge on any atom is 0.242 e. The number of nitrogens with one attached hydrogen (secondary N) is 1. The van der Waals surface area contributed by atoms with Crippen molar-refractivity contribution < 1.29 is 13.9 Å². The Morgan fingerprint density at radius 1 is 1.41 bits per heavy atom. The zero-order valence-electron chi connectivity index (χ0n) is 12.6. The second-order valence-electron chi connectivity index (χ2n) is 5.03. The molecule has 0 aliphatic heterocycles. The summed E-state index contributed by atoms with van der Waals surface area (Å²) in [5.41, 5.74) is 0.598. The summed E-state index contributed by atoms with van der Waals surface area (Å²) in [6.45, 7) is 4.28. The number of hydrogen-bond acceptors (Lipinski definition) is 4. The first-order valence-corrected chi connectivity index (χ1v) is 7.13. The molecule has 6 nitrogen and oxygen atoms in total. The Kier molecular flexibility index (Phi) is 5.46. The normalized spacial score (nSPS) is 12.0. The van der Waals surface area contributed by atoms with Gasteiger partial charge in [-0.15, -0.1) is 5.10 Å². The van der Waals surface area contributed by atoms with Crippen molar-refractivity contribution in [2.75, 3.05) is 0 Å². The number of carbonyl (C=O) groups is 1. The highest BCUT2D eigenvalue weighted by Crippen LogP contribution is 2.12. The van der Waals surface area contributed by atoms with Crippen LogP contribution in [-0.2, 0) is 17.9 Å². The highest BCUT2D eigenvalue weighted by Gasteiger charge is 2.08. The summed E-state index contributed by atoms with van der Waals surface area (Å²) in [6, 6.07) is 5.87. The van der Waals surface area contributed by atoms with Crippen molar-refractivity contribution in [1.82, 2.24) is 20.3 Å². The van der Waals surface area contributed by atoms with Crippen LogP contribution in [0.5, 0.6) is 5.75 Å². The monoisotopic (exact) mass is 306 g/mol. The number of amides is 1. The van der Waals surface area contributed by atoms with Crippen LogP contribution in [0.2, 0.25) is 0 Å². The number of ether oxygens (including phenoxy) is 1. The van der Waals surface area contributed by atoms with Gasteiger partial charge in [-0.1, -0.05) is 12.1 Å². The van der Waals surface area contributed by atoms with E-state index in [9.17, 15) is 9.18 Å². The summed E-state index contributed by atoms with van der Waals surface area (Å²) in [7, 11) is 0. The van der Waals surface area contributed by atoms with Gasteiger partial charge in [-0.25, -0.2) is 9.07 Å². The molecule has 1 aromatic heterocycles. The minimum absolute atomic E-state index is 0.106. The summed E-state index contributed by atoms with van der Waals surface area (Å²) < 4.78 is 19.7. The van der Waals surface area contributed by atoms with Gasteiger partial charge in [0.05, 0.1) is 6.20 Å². The predicted molar refractivity (Wildman–Crippen MR) is 78.6 cm³/mol. The molecule has 1 heterocycles. The maximum absolute atomic E-state index is 12.8. The Balaban J connectivity index is 1.83. The van der Waals surface area contributed by atoms with E-state index in [2.05, 4.69) is 15.6 Å². The molecule has 0 radical (unpaired) electrons. The van der Waals surface area contributed by atoms with Crippen LogP contribution in [0, 0.1) is 5.82 Å². The molecular formula is C15H19FN4O2. The van der Waals surface area contributed by atoms with Crippen molar-refractivity contribution in [3.8, 4) is 5.75 Å². The Morgan fingerprint density at radius 2 is 2.14 bits per heavy atom. The summed E-state index contributed by atoms with van der Waals surface area (Å²) >= 11 is 0. The van der Waals surface area contributed by atoms with E-state index in [4.69, 9.17) is 4.74 Å². The molecule has 1 atom stereocenters. The van der Waals surface area contributed by atoms with E-state index in [0.29, 0.717) is 11.4 Å². The molecule has 0 saturated carbocycles. The van der Waals surface area contributed by atoms with Gasteiger partial charge in [-0.2, -0.15) is 0 Å². The van der Waals surface area contributed by atoms with Gasteiger partial charge < -0.3 is 10.1 Å². The number of nitrogens with zero attached hydrogens (tertiary/aromatic N) is 3. The molecule has 7 heteroatoms. The first kappa shape index (κ1) is 15.9. The minimum atomic E-state index is -0.314. The van der Waals surface area contributed by atoms with Crippen LogP contribution in [0.15, 0.2) is 30.5 Å². The van der Waals surface area contributed by atoms with Crippen LogP contribution in [0.1, 0.15) is 26.0 Å². The van der Waals surface area contributed by atoms with Gasteiger partial charge in [0.2, 0.25) is 5.91 Å². The molecule has 1 N–H and O–H groups in total. The number of carbonyl (C=O) groups excluding carboxylic acids is 1. The lowest BCUT2D eigenvalue weighted by Crippen LogP contribution is -2.34. The van der Waals surface area contributed by atoms with Gasteiger partial charge in [0.25, 0.3) is 0 Å². The van der Waals surface area contributed by atoms with Crippen molar-refractivity contribution in [3.05, 3.63) is 42.0 Å². The van der Waals surface area contributed by atoms with Crippen LogP contribution in [0.3, 0.4) is 0 Å². The molecular weight excluding hydrogens is 287 g/mol. The van der Waals surface area contributed by atoms with E-state index in [0.717, 1.165) is 6.42 Å². The van der Waals surface area contributed by atoms with Crippen molar-refractivity contribution in [2.24, 2.45) is 0 Å². The number of halogens is 1. The summed E-state index contributed by atoms with van der Waals surface area (Å²) in [5, 5.41) is 10.7. The SMILES string of the molecule is CC[C@H](C)NC(=O)Cn1cc(COc2ccc(F)cc2)nn1. The molecule has 0 saturated heterocycles. The topological polar surface area (TPSA) is 69.0 Å². The second kappa shape index (κ2) is 7.53. The molecule has 1 aromatic carbocycles. The number of hydrogen-bond donors (Lipinski definition) is 1. The van der Waals surface area contributed by atoms with Gasteiger partial charge in [0.15, 0.2) is 0 Å². The van der Waals surface area contributed by atoms with E-state index in [1.165, 1.54) is 16.8 Å². The first-order valence-electron chi connectivity index (χ1n) is 7.13. The zero-order chi connectivity index (χ0) is 15.9. The first-order chi connectivity index (χ1) is 10.6. The molecule has 2 aromatic rings. The molecule has 0 fully saturated rings. The van der Waals surface area contributed by atoms with Crippen molar-refractivity contribution >= 4 is 5.91 Å². The van der Waals surface area contributed by atoms with Gasteiger partial charge in [-0.05, 0) is 37.6 Å². The fourth-order valence-corrected chi connectivity index (χ4v) is 1.74. The fraction of sp³-hybridized carbons (Fsp3) is 0.400. The standard InChI is InChI=1S/C15H19FN4O2/c1-3-11(2)17-15(21)9-20-8-13(18-19-20)10-22-14-6-4-12(16)5-7-14/h4-8,11H,3,9-10H2,1-2H3,(H,17,21)/t11-/m0/s1. The number of benzene rings is 1. The molecule has 118 valence electrons. The lowest BCUT2D eigenvalue weighted by Gasteiger charge is -2.10. The molecule has 1 amide bonds. The van der Waals surface area contributed by atoms with E-state index in [-0.39, 0.29) is 30.9 Å². The van der Waals surface area contributed by atoms with E-state index >= 15 is 0 Å². The van der Waals surface area contributed by atoms with Gasteiger partial charge in [-0.3, -0.25) is 4.79 Å². The third-order valence-corrected chi connectivity index (χ3v) is 3.11. The van der Waals surface area contributed by atoms with E-state index < -0.39 is 0 Å². The largest absolute Gasteiger partial charge is 0.487 e. The quantitative estimate of drug-likeness (QED) is 0.848. The zero-order valence-corrected chi connectivity index (χ0v) is 12.6. The fourth-order valence-electron chi connectivity index (χ4n) is 1.74. The average molecular weight is 306 g/mol. The molecule has 22 heavy (non-hydrogen) atoms. The van der Waals surface area contributed by atoms with Crippen LogP contribution in [0.25, 0.3) is 0 Å². The summed E-state index contributed by atoms with van der Waals surface area (Å²) in [6.07, 6.45) is 2.53. The maximum atomic E-state index is 12.8. The third kappa shape index (κ3) is 4.83. The van der Waals surface area contributed by atoms with Crippen LogP contribution >= 0.6 is 0 Å². The molecule has 0 unspecified atom stereocenters. The van der Waals surface area contributed by atoms with Crippen LogP contribution in [0.4, 0.5) is 4.39 Å². The predicted octanol–water partition coefficient (Wildman–Crippen LogP) is 1.91. The van der Waals surface area contributed by atoms with Gasteiger partial charge in [0.1, 0.15) is 30.4 Å². The Bertz CT molecular complexity index is 612. The highest BCUT2D eigenvalue weighted by molar-refractivity contribution is 5.75. The molecule has 0 aliphatic rings. The smallest absolute Gasteiger partial charge is 0.242 e. The molecule has 2 rings (SSSR count). The lowest BCUT2D eigenvalue weighted by atomic mass is 10.2. The summed E-state index contributed by atoms with van der Waals surface area (Å²) in [5.74, 6) is 0.126. The minimum Gasteiger partial charge on any atom is -0.487 e. The molecule has 0 aliphatic carbocycles. The second-order valence-corrected chi connectivity index (χ2v) is 5.03. The Labute approximate surface area is 128 Å². The number of aromatic nitrogens is 3. The van der Waals surface area contributed by atoms with Gasteiger partial charge in [0, 0.05) is 6.04 Å². The number of rotatable bonds is 7. The van der Waals surface area contributed by atoms with Crippen LogP contribution in [-0.4, -0.2) is 26.9 Å². The Hall–Kier alpha value is -2.44. The van der Waals surface area contributed by atoms with Crippen LogP contribution < -0.4 is 10.1 Å². The average Bonchev–Trinajstić information content (AvgIpc) is 2.93. The molecule has 0 spiro atoms. The van der Waals surface area contributed by atoms with E-state index in [1.54, 1.807) is 18.3 Å².